The van der Waals surface area contributed by atoms with Crippen LogP contribution in [0.15, 0.2) is 60.1 Å². The van der Waals surface area contributed by atoms with E-state index in [4.69, 9.17) is 4.99 Å². The molecule has 0 spiro atoms. The van der Waals surface area contributed by atoms with E-state index in [1.54, 1.807) is 6.07 Å². The highest BCUT2D eigenvalue weighted by atomic mass is 16.2. The van der Waals surface area contributed by atoms with Crippen LogP contribution < -0.4 is 16.0 Å². The summed E-state index contributed by atoms with van der Waals surface area (Å²) in [6.45, 7) is 9.08. The second-order valence-electron chi connectivity index (χ2n) is 11.2. The molecule has 2 aromatic rings. The number of aliphatic imine (C=N–C) groups is 1. The number of imide groups is 1. The Kier molecular flexibility index (Phi) is 8.33. The van der Waals surface area contributed by atoms with E-state index in [1.165, 1.54) is 4.90 Å². The zero-order chi connectivity index (χ0) is 29.1. The average molecular weight is 556 g/mol. The van der Waals surface area contributed by atoms with E-state index in [1.807, 2.05) is 36.5 Å². The summed E-state index contributed by atoms with van der Waals surface area (Å²) in [5.41, 5.74) is 3.86. The molecule has 2 aromatic carbocycles. The van der Waals surface area contributed by atoms with E-state index in [-0.39, 0.29) is 36.9 Å². The number of hydrogen-bond acceptors (Lipinski definition) is 5. The molecule has 3 heterocycles. The lowest BCUT2D eigenvalue weighted by molar-refractivity contribution is -0.136. The van der Waals surface area contributed by atoms with Crippen LogP contribution in [0.1, 0.15) is 72.6 Å². The van der Waals surface area contributed by atoms with E-state index in [9.17, 15) is 19.2 Å². The fraction of sp³-hybridized carbons (Fsp3) is 0.406. The molecule has 41 heavy (non-hydrogen) atoms. The SMILES string of the molecule is C=CC1C(C)CC=NC(c2cccc(NC(=O)NCc3ccc4c(c3)C(=O)N(C3CCC(=O)NC3=O)C4)c2)C1CC. The summed E-state index contributed by atoms with van der Waals surface area (Å²) in [7, 11) is 0. The third kappa shape index (κ3) is 5.94. The minimum atomic E-state index is -0.655. The quantitative estimate of drug-likeness (QED) is 0.337. The lowest BCUT2D eigenvalue weighted by atomic mass is 9.75. The zero-order valence-corrected chi connectivity index (χ0v) is 23.6. The maximum Gasteiger partial charge on any atom is 0.319 e. The van der Waals surface area contributed by atoms with Crippen molar-refractivity contribution < 1.29 is 19.2 Å². The number of rotatable bonds is 7. The monoisotopic (exact) mass is 555 g/mol. The maximum absolute atomic E-state index is 13.1. The van der Waals surface area contributed by atoms with Crippen molar-refractivity contribution in [3.8, 4) is 0 Å². The second kappa shape index (κ2) is 12.1. The number of allylic oxidation sites excluding steroid dienone is 1. The number of urea groups is 1. The van der Waals surface area contributed by atoms with Gasteiger partial charge in [-0.05, 0) is 71.7 Å². The molecule has 0 radical (unpaired) electrons. The first-order valence-corrected chi connectivity index (χ1v) is 14.3. The Morgan fingerprint density at radius 3 is 2.78 bits per heavy atom. The standard InChI is InChI=1S/C32H37N5O4/c1-4-24-19(3)13-14-33-29(25(24)5-2)21-7-6-8-23(16-21)35-32(41)34-17-20-9-10-22-18-37(31(40)26(22)15-20)27-11-12-28(38)36-30(27)39/h4,6-10,14-16,19,24-25,27,29H,1,5,11-13,17-18H2,2-3H3,(H2,34,35,41)(H,36,38,39). The number of carbonyl (C=O) groups is 4. The van der Waals surface area contributed by atoms with E-state index < -0.39 is 11.9 Å². The number of carbonyl (C=O) groups excluding carboxylic acids is 4. The molecule has 9 heteroatoms. The van der Waals surface area contributed by atoms with Crippen molar-refractivity contribution in [1.82, 2.24) is 15.5 Å². The molecule has 1 saturated heterocycles. The number of fused-ring (bicyclic) bond motifs is 1. The van der Waals surface area contributed by atoms with Gasteiger partial charge >= 0.3 is 6.03 Å². The summed E-state index contributed by atoms with van der Waals surface area (Å²) < 4.78 is 0. The Bertz CT molecular complexity index is 1400. The summed E-state index contributed by atoms with van der Waals surface area (Å²) in [6, 6.07) is 12.3. The van der Waals surface area contributed by atoms with Crippen LogP contribution >= 0.6 is 0 Å². The molecule has 3 N–H and O–H groups in total. The minimum absolute atomic E-state index is 0.00134. The second-order valence-corrected chi connectivity index (χ2v) is 11.2. The predicted octanol–water partition coefficient (Wildman–Crippen LogP) is 4.75. The largest absolute Gasteiger partial charge is 0.334 e. The number of benzene rings is 2. The molecule has 0 aromatic heterocycles. The van der Waals surface area contributed by atoms with Gasteiger partial charge in [-0.1, -0.05) is 50.6 Å². The molecule has 0 bridgehead atoms. The molecule has 3 aliphatic rings. The molecule has 0 aliphatic carbocycles. The normalized spacial score (nSPS) is 25.8. The molecule has 214 valence electrons. The Hall–Kier alpha value is -4.27. The summed E-state index contributed by atoms with van der Waals surface area (Å²) in [6.07, 6.45) is 6.53. The average Bonchev–Trinajstić information content (AvgIpc) is 3.18. The first-order chi connectivity index (χ1) is 19.8. The molecule has 3 aliphatic heterocycles. The van der Waals surface area contributed by atoms with Crippen LogP contribution in [0.5, 0.6) is 0 Å². The van der Waals surface area contributed by atoms with Crippen molar-refractivity contribution in [2.45, 2.75) is 64.7 Å². The van der Waals surface area contributed by atoms with Gasteiger partial charge in [-0.2, -0.15) is 0 Å². The van der Waals surface area contributed by atoms with Gasteiger partial charge in [0.1, 0.15) is 6.04 Å². The van der Waals surface area contributed by atoms with Crippen molar-refractivity contribution in [3.63, 3.8) is 0 Å². The van der Waals surface area contributed by atoms with Crippen molar-refractivity contribution in [2.24, 2.45) is 22.7 Å². The molecular weight excluding hydrogens is 518 g/mol. The zero-order valence-electron chi connectivity index (χ0n) is 23.6. The first-order valence-electron chi connectivity index (χ1n) is 14.3. The van der Waals surface area contributed by atoms with Crippen LogP contribution in [0.3, 0.4) is 0 Å². The van der Waals surface area contributed by atoms with Crippen molar-refractivity contribution in [3.05, 3.63) is 77.4 Å². The highest BCUT2D eigenvalue weighted by Gasteiger charge is 2.39. The third-order valence-corrected chi connectivity index (χ3v) is 8.58. The van der Waals surface area contributed by atoms with Gasteiger partial charge in [-0.15, -0.1) is 6.58 Å². The number of nitrogens with zero attached hydrogens (tertiary/aromatic N) is 2. The van der Waals surface area contributed by atoms with Crippen molar-refractivity contribution >= 4 is 35.7 Å². The molecule has 5 atom stereocenters. The van der Waals surface area contributed by atoms with Crippen LogP contribution in [-0.4, -0.2) is 40.9 Å². The number of hydrogen-bond donors (Lipinski definition) is 3. The minimum Gasteiger partial charge on any atom is -0.334 e. The van der Waals surface area contributed by atoms with Gasteiger partial charge in [0.05, 0.1) is 6.04 Å². The highest BCUT2D eigenvalue weighted by Crippen LogP contribution is 2.41. The Labute approximate surface area is 240 Å². The van der Waals surface area contributed by atoms with Gasteiger partial charge < -0.3 is 15.5 Å². The fourth-order valence-corrected chi connectivity index (χ4v) is 6.35. The first kappa shape index (κ1) is 28.3. The summed E-state index contributed by atoms with van der Waals surface area (Å²) in [4.78, 5) is 56.1. The van der Waals surface area contributed by atoms with Gasteiger partial charge in [0.25, 0.3) is 5.91 Å². The Morgan fingerprint density at radius 2 is 2.02 bits per heavy atom. The topological polar surface area (TPSA) is 120 Å². The van der Waals surface area contributed by atoms with Crippen LogP contribution in [0.2, 0.25) is 0 Å². The third-order valence-electron chi connectivity index (χ3n) is 8.58. The van der Waals surface area contributed by atoms with E-state index in [0.29, 0.717) is 42.0 Å². The number of amides is 5. The van der Waals surface area contributed by atoms with Crippen LogP contribution in [0.25, 0.3) is 0 Å². The number of piperidine rings is 1. The predicted molar refractivity (Wildman–Crippen MR) is 157 cm³/mol. The smallest absolute Gasteiger partial charge is 0.319 e. The van der Waals surface area contributed by atoms with Crippen LogP contribution in [0.4, 0.5) is 10.5 Å². The van der Waals surface area contributed by atoms with Gasteiger partial charge in [-0.3, -0.25) is 24.7 Å². The molecule has 5 unspecified atom stereocenters. The number of anilines is 1. The summed E-state index contributed by atoms with van der Waals surface area (Å²) >= 11 is 0. The van der Waals surface area contributed by atoms with Crippen molar-refractivity contribution in [1.29, 1.82) is 0 Å². The molecule has 0 saturated carbocycles. The van der Waals surface area contributed by atoms with Crippen molar-refractivity contribution in [2.75, 3.05) is 5.32 Å². The molecule has 9 nitrogen and oxygen atoms in total. The molecule has 5 rings (SSSR count). The van der Waals surface area contributed by atoms with E-state index >= 15 is 0 Å². The van der Waals surface area contributed by atoms with E-state index in [2.05, 4.69) is 48.5 Å². The number of nitrogens with one attached hydrogen (secondary N) is 3. The molecule has 1 fully saturated rings. The lowest BCUT2D eigenvalue weighted by Crippen LogP contribution is -2.52. The van der Waals surface area contributed by atoms with Crippen LogP contribution in [0, 0.1) is 17.8 Å². The van der Waals surface area contributed by atoms with Gasteiger partial charge in [0, 0.05) is 30.8 Å². The van der Waals surface area contributed by atoms with Gasteiger partial charge in [0.15, 0.2) is 0 Å². The molecule has 5 amide bonds. The van der Waals surface area contributed by atoms with Gasteiger partial charge in [-0.25, -0.2) is 4.79 Å². The summed E-state index contributed by atoms with van der Waals surface area (Å²) in [5, 5.41) is 8.11. The Morgan fingerprint density at radius 1 is 1.20 bits per heavy atom. The maximum atomic E-state index is 13.1. The van der Waals surface area contributed by atoms with Gasteiger partial charge in [0.2, 0.25) is 11.8 Å². The van der Waals surface area contributed by atoms with Crippen LogP contribution in [-0.2, 0) is 22.7 Å². The summed E-state index contributed by atoms with van der Waals surface area (Å²) in [5.74, 6) is 0.191. The molecular formula is C32H37N5O4. The fourth-order valence-electron chi connectivity index (χ4n) is 6.35. The Balaban J connectivity index is 1.21. The lowest BCUT2D eigenvalue weighted by Gasteiger charge is -2.31. The van der Waals surface area contributed by atoms with E-state index in [0.717, 1.165) is 29.5 Å². The highest BCUT2D eigenvalue weighted by molar-refractivity contribution is 6.05.